The van der Waals surface area contributed by atoms with E-state index in [1.54, 1.807) is 51.5 Å². The quantitative estimate of drug-likeness (QED) is 0.252. The number of carbonyl (C=O) groups excluding carboxylic acids is 2. The van der Waals surface area contributed by atoms with Crippen molar-refractivity contribution in [1.82, 2.24) is 10.7 Å². The highest BCUT2D eigenvalue weighted by Gasteiger charge is 2.16. The van der Waals surface area contributed by atoms with Crippen molar-refractivity contribution in [2.45, 2.75) is 39.2 Å². The Morgan fingerprint density at radius 3 is 2.52 bits per heavy atom. The summed E-state index contributed by atoms with van der Waals surface area (Å²) < 4.78 is 17.0. The smallest absolute Gasteiger partial charge is 0.262 e. The van der Waals surface area contributed by atoms with Crippen LogP contribution in [0.4, 0.5) is 0 Å². The highest BCUT2D eigenvalue weighted by molar-refractivity contribution is 9.10. The minimum Gasteiger partial charge on any atom is -0.497 e. The van der Waals surface area contributed by atoms with E-state index in [1.807, 2.05) is 6.07 Å². The van der Waals surface area contributed by atoms with Crippen LogP contribution in [0.2, 0.25) is 0 Å². The summed E-state index contributed by atoms with van der Waals surface area (Å²) in [6.45, 7) is 4.28. The molecule has 0 fully saturated rings. The molecule has 0 heterocycles. The largest absolute Gasteiger partial charge is 0.497 e. The zero-order valence-corrected chi connectivity index (χ0v) is 20.9. The summed E-state index contributed by atoms with van der Waals surface area (Å²) in [7, 11) is 3.14. The van der Waals surface area contributed by atoms with Crippen molar-refractivity contribution in [2.75, 3.05) is 20.8 Å². The maximum Gasteiger partial charge on any atom is 0.262 e. The average molecular weight is 520 g/mol. The van der Waals surface area contributed by atoms with Gasteiger partial charge in [0.05, 0.1) is 37.9 Å². The van der Waals surface area contributed by atoms with Crippen LogP contribution in [0.25, 0.3) is 0 Å². The average Bonchev–Trinajstić information content (AvgIpc) is 2.80. The first-order valence-electron chi connectivity index (χ1n) is 10.6. The topological polar surface area (TPSA) is 98.2 Å². The van der Waals surface area contributed by atoms with E-state index in [0.29, 0.717) is 29.4 Å². The van der Waals surface area contributed by atoms with Gasteiger partial charge in [0, 0.05) is 0 Å². The molecule has 9 heteroatoms. The summed E-state index contributed by atoms with van der Waals surface area (Å²) in [5.74, 6) is 1.21. The molecule has 178 valence electrons. The number of unbranched alkanes of at least 4 members (excludes halogenated alkanes) is 1. The van der Waals surface area contributed by atoms with Crippen LogP contribution in [0.15, 0.2) is 46.0 Å². The normalized spacial score (nSPS) is 11.7. The molecular formula is C24H30BrN3O5. The first kappa shape index (κ1) is 26.2. The summed E-state index contributed by atoms with van der Waals surface area (Å²) >= 11 is 3.49. The van der Waals surface area contributed by atoms with Crippen LogP contribution in [0, 0.1) is 0 Å². The fourth-order valence-electron chi connectivity index (χ4n) is 2.83. The number of rotatable bonds is 12. The molecule has 0 bridgehead atoms. The molecule has 0 aromatic heterocycles. The predicted molar refractivity (Wildman–Crippen MR) is 131 cm³/mol. The van der Waals surface area contributed by atoms with Crippen molar-refractivity contribution < 1.29 is 23.8 Å². The number of hydrazone groups is 1. The Morgan fingerprint density at radius 2 is 1.88 bits per heavy atom. The Balaban J connectivity index is 1.89. The van der Waals surface area contributed by atoms with Crippen molar-refractivity contribution in [1.29, 1.82) is 0 Å². The van der Waals surface area contributed by atoms with E-state index in [-0.39, 0.29) is 12.3 Å². The van der Waals surface area contributed by atoms with Gasteiger partial charge in [0.25, 0.3) is 5.91 Å². The number of ether oxygens (including phenoxy) is 3. The van der Waals surface area contributed by atoms with Crippen LogP contribution >= 0.6 is 15.9 Å². The van der Waals surface area contributed by atoms with Gasteiger partial charge >= 0.3 is 0 Å². The second-order valence-electron chi connectivity index (χ2n) is 7.28. The lowest BCUT2D eigenvalue weighted by molar-refractivity contribution is -0.128. The van der Waals surface area contributed by atoms with Crippen LogP contribution in [0.5, 0.6) is 17.2 Å². The zero-order valence-electron chi connectivity index (χ0n) is 19.3. The zero-order chi connectivity index (χ0) is 24.2. The van der Waals surface area contributed by atoms with E-state index >= 15 is 0 Å². The summed E-state index contributed by atoms with van der Waals surface area (Å²) in [6.07, 6.45) is 3.63. The molecule has 0 aliphatic heterocycles. The van der Waals surface area contributed by atoms with E-state index in [9.17, 15) is 9.59 Å². The fraction of sp³-hybridized carbons (Fsp3) is 0.375. The molecule has 2 rings (SSSR count). The monoisotopic (exact) mass is 519 g/mol. The van der Waals surface area contributed by atoms with Gasteiger partial charge in [-0.05, 0) is 64.7 Å². The molecule has 0 aliphatic carbocycles. The van der Waals surface area contributed by atoms with Gasteiger partial charge < -0.3 is 19.5 Å². The number of hydrogen-bond acceptors (Lipinski definition) is 6. The summed E-state index contributed by atoms with van der Waals surface area (Å²) in [6, 6.07) is 10.0. The number of carbonyl (C=O) groups is 2. The molecule has 0 aliphatic rings. The van der Waals surface area contributed by atoms with Crippen molar-refractivity contribution in [3.63, 3.8) is 0 Å². The summed E-state index contributed by atoms with van der Waals surface area (Å²) in [4.78, 5) is 24.5. The number of halogens is 1. The molecule has 33 heavy (non-hydrogen) atoms. The third kappa shape index (κ3) is 8.42. The maximum atomic E-state index is 12.3. The van der Waals surface area contributed by atoms with Gasteiger partial charge in [0.1, 0.15) is 11.8 Å². The minimum atomic E-state index is -0.747. The molecule has 2 amide bonds. The number of hydrogen-bond donors (Lipinski definition) is 2. The molecule has 2 aromatic carbocycles. The molecule has 0 saturated carbocycles. The van der Waals surface area contributed by atoms with Gasteiger partial charge in [-0.25, -0.2) is 5.43 Å². The number of nitrogens with zero attached hydrogens (tertiary/aromatic N) is 1. The number of methoxy groups -OCH3 is 2. The minimum absolute atomic E-state index is 0.158. The van der Waals surface area contributed by atoms with E-state index in [0.717, 1.165) is 22.9 Å². The van der Waals surface area contributed by atoms with Crippen LogP contribution in [-0.4, -0.2) is 44.9 Å². The molecular weight excluding hydrogens is 490 g/mol. The lowest BCUT2D eigenvalue weighted by Crippen LogP contribution is -2.43. The van der Waals surface area contributed by atoms with E-state index in [4.69, 9.17) is 14.2 Å². The first-order chi connectivity index (χ1) is 15.9. The Labute approximate surface area is 202 Å². The molecule has 2 aromatic rings. The Morgan fingerprint density at radius 1 is 1.15 bits per heavy atom. The van der Waals surface area contributed by atoms with Crippen LogP contribution in [0.3, 0.4) is 0 Å². The summed E-state index contributed by atoms with van der Waals surface area (Å²) in [5.41, 5.74) is 3.97. The van der Waals surface area contributed by atoms with Gasteiger partial charge in [-0.2, -0.15) is 5.10 Å². The Bertz CT molecular complexity index is 963. The molecule has 1 atom stereocenters. The van der Waals surface area contributed by atoms with Crippen LogP contribution in [0.1, 0.15) is 37.8 Å². The molecule has 0 spiro atoms. The third-order valence-electron chi connectivity index (χ3n) is 4.68. The second kappa shape index (κ2) is 13.5. The predicted octanol–water partition coefficient (Wildman–Crippen LogP) is 3.84. The van der Waals surface area contributed by atoms with Gasteiger partial charge in [-0.3, -0.25) is 9.59 Å². The Kier molecular flexibility index (Phi) is 10.7. The van der Waals surface area contributed by atoms with Crippen molar-refractivity contribution in [2.24, 2.45) is 5.10 Å². The number of benzene rings is 2. The molecule has 2 N–H and O–H groups in total. The number of nitrogens with one attached hydrogen (secondary N) is 2. The van der Waals surface area contributed by atoms with Crippen LogP contribution in [-0.2, 0) is 16.0 Å². The second-order valence-corrected chi connectivity index (χ2v) is 8.14. The fourth-order valence-corrected chi connectivity index (χ4v) is 3.40. The molecule has 1 unspecified atom stereocenters. The van der Waals surface area contributed by atoms with Crippen molar-refractivity contribution in [3.05, 3.63) is 52.0 Å². The lowest BCUT2D eigenvalue weighted by atomic mass is 10.1. The molecule has 0 radical (unpaired) electrons. The first-order valence-corrected chi connectivity index (χ1v) is 11.4. The molecule has 8 nitrogen and oxygen atoms in total. The van der Waals surface area contributed by atoms with E-state index in [1.165, 1.54) is 6.21 Å². The van der Waals surface area contributed by atoms with Gasteiger partial charge in [0.2, 0.25) is 5.91 Å². The maximum absolute atomic E-state index is 12.3. The van der Waals surface area contributed by atoms with Gasteiger partial charge in [0.15, 0.2) is 11.5 Å². The van der Waals surface area contributed by atoms with E-state index in [2.05, 4.69) is 38.7 Å². The van der Waals surface area contributed by atoms with Gasteiger partial charge in [-0.15, -0.1) is 0 Å². The van der Waals surface area contributed by atoms with Crippen molar-refractivity contribution in [3.8, 4) is 17.2 Å². The Hall–Kier alpha value is -3.07. The van der Waals surface area contributed by atoms with Gasteiger partial charge in [-0.1, -0.05) is 25.5 Å². The van der Waals surface area contributed by atoms with Crippen molar-refractivity contribution >= 4 is 34.0 Å². The summed E-state index contributed by atoms with van der Waals surface area (Å²) in [5, 5.41) is 6.65. The molecule has 0 saturated heterocycles. The van der Waals surface area contributed by atoms with Crippen LogP contribution < -0.4 is 25.0 Å². The lowest BCUT2D eigenvalue weighted by Gasteiger charge is -2.13. The highest BCUT2D eigenvalue weighted by Crippen LogP contribution is 2.36. The number of amides is 2. The third-order valence-corrected chi connectivity index (χ3v) is 5.27. The van der Waals surface area contributed by atoms with E-state index < -0.39 is 11.9 Å². The SMILES string of the molecule is CCCCOc1c(Br)cc(C=NNC(=O)C(C)NC(=O)Cc2ccc(OC)cc2)cc1OC. The highest BCUT2D eigenvalue weighted by atomic mass is 79.9. The standard InChI is InChI=1S/C24H30BrN3O5/c1-5-6-11-33-23-20(25)12-18(13-21(23)32-4)15-26-28-24(30)16(2)27-22(29)14-17-7-9-19(31-3)10-8-17/h7-10,12-13,15-16H,5-6,11,14H2,1-4H3,(H,27,29)(H,28,30).